The minimum absolute atomic E-state index is 0.0673. The van der Waals surface area contributed by atoms with Crippen LogP contribution in [0.25, 0.3) is 0 Å². The van der Waals surface area contributed by atoms with E-state index in [4.69, 9.17) is 0 Å². The van der Waals surface area contributed by atoms with Gasteiger partial charge >= 0.3 is 0 Å². The first kappa shape index (κ1) is 18.5. The second-order valence-electron chi connectivity index (χ2n) is 8.08. The van der Waals surface area contributed by atoms with E-state index in [1.54, 1.807) is 4.90 Å². The standard InChI is InChI=1S/C17H35NO/c1-12(2)15(5,6)17(9,14(19)18(10)11)16(7,8)13(3)4/h12-13H,1-11H3. The predicted octanol–water partition coefficient (Wildman–Crippen LogP) is 4.45. The summed E-state index contributed by atoms with van der Waals surface area (Å²) in [5.41, 5.74) is -0.532. The maximum atomic E-state index is 13.0. The number of carbonyl (C=O) groups excluding carboxylic acids is 1. The molecule has 114 valence electrons. The second kappa shape index (κ2) is 5.46. The van der Waals surface area contributed by atoms with Gasteiger partial charge in [-0.2, -0.15) is 0 Å². The molecule has 0 aromatic heterocycles. The number of rotatable bonds is 5. The zero-order valence-electron chi connectivity index (χ0n) is 15.0. The number of hydrogen-bond acceptors (Lipinski definition) is 1. The van der Waals surface area contributed by atoms with Gasteiger partial charge in [0.05, 0.1) is 5.41 Å². The number of nitrogens with zero attached hydrogens (tertiary/aromatic N) is 1. The molecule has 0 aromatic rings. The number of carbonyl (C=O) groups is 1. The maximum absolute atomic E-state index is 13.0. The van der Waals surface area contributed by atoms with Crippen LogP contribution in [-0.4, -0.2) is 24.9 Å². The molecule has 2 nitrogen and oxygen atoms in total. The lowest BCUT2D eigenvalue weighted by atomic mass is 9.47. The molecule has 0 aromatic carbocycles. The fourth-order valence-corrected chi connectivity index (χ4v) is 2.98. The number of hydrogen-bond donors (Lipinski definition) is 0. The van der Waals surface area contributed by atoms with E-state index >= 15 is 0 Å². The fraction of sp³-hybridized carbons (Fsp3) is 0.941. The Kier molecular flexibility index (Phi) is 5.30. The highest BCUT2D eigenvalue weighted by atomic mass is 16.2. The summed E-state index contributed by atoms with van der Waals surface area (Å²) in [4.78, 5) is 14.8. The van der Waals surface area contributed by atoms with E-state index in [9.17, 15) is 4.79 Å². The zero-order chi connectivity index (χ0) is 15.8. The summed E-state index contributed by atoms with van der Waals surface area (Å²) < 4.78 is 0. The first-order chi connectivity index (χ1) is 8.24. The van der Waals surface area contributed by atoms with Crippen molar-refractivity contribution in [3.63, 3.8) is 0 Å². The number of amides is 1. The van der Waals surface area contributed by atoms with Crippen molar-refractivity contribution in [1.29, 1.82) is 0 Å². The van der Waals surface area contributed by atoms with Gasteiger partial charge in [0.1, 0.15) is 0 Å². The Morgan fingerprint density at radius 2 is 1.05 bits per heavy atom. The minimum atomic E-state index is -0.397. The molecule has 0 aliphatic rings. The van der Waals surface area contributed by atoms with Crippen LogP contribution in [0, 0.1) is 28.1 Å². The fourth-order valence-electron chi connectivity index (χ4n) is 2.98. The molecule has 1 amide bonds. The summed E-state index contributed by atoms with van der Waals surface area (Å²) in [6.07, 6.45) is 0. The van der Waals surface area contributed by atoms with Crippen LogP contribution in [0.15, 0.2) is 0 Å². The normalized spacial score (nSPS) is 14.2. The van der Waals surface area contributed by atoms with Gasteiger partial charge in [-0.3, -0.25) is 4.79 Å². The molecule has 0 saturated carbocycles. The Balaban J connectivity index is 6.13. The van der Waals surface area contributed by atoms with Crippen molar-refractivity contribution in [3.05, 3.63) is 0 Å². The lowest BCUT2D eigenvalue weighted by molar-refractivity contribution is -0.167. The van der Waals surface area contributed by atoms with E-state index in [2.05, 4.69) is 62.3 Å². The van der Waals surface area contributed by atoms with Crippen LogP contribution in [0.4, 0.5) is 0 Å². The van der Waals surface area contributed by atoms with Gasteiger partial charge in [0, 0.05) is 14.1 Å². The molecule has 0 N–H and O–H groups in total. The lowest BCUT2D eigenvalue weighted by Gasteiger charge is -2.57. The van der Waals surface area contributed by atoms with E-state index in [1.807, 2.05) is 14.1 Å². The van der Waals surface area contributed by atoms with Gasteiger partial charge in [-0.15, -0.1) is 0 Å². The summed E-state index contributed by atoms with van der Waals surface area (Å²) in [5.74, 6) is 1.13. The molecular formula is C17H35NO. The quantitative estimate of drug-likeness (QED) is 0.722. The molecular weight excluding hydrogens is 234 g/mol. The Morgan fingerprint density at radius 1 is 0.789 bits per heavy atom. The first-order valence-corrected chi connectivity index (χ1v) is 7.46. The maximum Gasteiger partial charge on any atom is 0.229 e. The van der Waals surface area contributed by atoms with Crippen molar-refractivity contribution in [2.45, 2.75) is 62.3 Å². The van der Waals surface area contributed by atoms with Gasteiger partial charge in [-0.25, -0.2) is 0 Å². The van der Waals surface area contributed by atoms with Gasteiger partial charge < -0.3 is 4.90 Å². The Hall–Kier alpha value is -0.530. The molecule has 0 bridgehead atoms. The average Bonchev–Trinajstić information content (AvgIpc) is 2.25. The smallest absolute Gasteiger partial charge is 0.229 e. The van der Waals surface area contributed by atoms with E-state index < -0.39 is 5.41 Å². The molecule has 0 saturated heterocycles. The Labute approximate surface area is 120 Å². The molecule has 19 heavy (non-hydrogen) atoms. The van der Waals surface area contributed by atoms with Crippen LogP contribution in [0.2, 0.25) is 0 Å². The van der Waals surface area contributed by atoms with Gasteiger partial charge in [-0.1, -0.05) is 55.4 Å². The van der Waals surface area contributed by atoms with Crippen molar-refractivity contribution in [2.75, 3.05) is 14.1 Å². The third-order valence-corrected chi connectivity index (χ3v) is 6.30. The molecule has 0 aliphatic heterocycles. The van der Waals surface area contributed by atoms with Crippen LogP contribution >= 0.6 is 0 Å². The Morgan fingerprint density at radius 3 is 1.21 bits per heavy atom. The molecule has 0 atom stereocenters. The largest absolute Gasteiger partial charge is 0.348 e. The summed E-state index contributed by atoms with van der Waals surface area (Å²) in [6, 6.07) is 0. The van der Waals surface area contributed by atoms with E-state index in [-0.39, 0.29) is 16.7 Å². The highest BCUT2D eigenvalue weighted by Gasteiger charge is 2.58. The third kappa shape index (κ3) is 2.68. The van der Waals surface area contributed by atoms with Crippen molar-refractivity contribution in [3.8, 4) is 0 Å². The summed E-state index contributed by atoms with van der Waals surface area (Å²) >= 11 is 0. The van der Waals surface area contributed by atoms with Crippen molar-refractivity contribution >= 4 is 5.91 Å². The lowest BCUT2D eigenvalue weighted by Crippen LogP contribution is -2.59. The van der Waals surface area contributed by atoms with Gasteiger partial charge in [0.15, 0.2) is 0 Å². The first-order valence-electron chi connectivity index (χ1n) is 7.46. The molecule has 0 aliphatic carbocycles. The molecule has 0 unspecified atom stereocenters. The van der Waals surface area contributed by atoms with Crippen LogP contribution in [0.1, 0.15) is 62.3 Å². The second-order valence-corrected chi connectivity index (χ2v) is 8.08. The summed E-state index contributed by atoms with van der Waals surface area (Å²) in [7, 11) is 3.74. The highest BCUT2D eigenvalue weighted by molar-refractivity contribution is 5.83. The predicted molar refractivity (Wildman–Crippen MR) is 84.0 cm³/mol. The minimum Gasteiger partial charge on any atom is -0.348 e. The molecule has 0 rings (SSSR count). The van der Waals surface area contributed by atoms with Gasteiger partial charge in [-0.05, 0) is 29.6 Å². The van der Waals surface area contributed by atoms with Crippen molar-refractivity contribution in [2.24, 2.45) is 28.1 Å². The van der Waals surface area contributed by atoms with Gasteiger partial charge in [0.25, 0.3) is 0 Å². The molecule has 0 fully saturated rings. The molecule has 0 spiro atoms. The molecule has 0 radical (unpaired) electrons. The van der Waals surface area contributed by atoms with E-state index in [0.717, 1.165) is 0 Å². The van der Waals surface area contributed by atoms with Crippen LogP contribution in [0.3, 0.4) is 0 Å². The topological polar surface area (TPSA) is 20.3 Å². The molecule has 0 heterocycles. The summed E-state index contributed by atoms with van der Waals surface area (Å²) in [6.45, 7) is 20.0. The van der Waals surface area contributed by atoms with E-state index in [1.165, 1.54) is 0 Å². The molecule has 2 heteroatoms. The van der Waals surface area contributed by atoms with Crippen LogP contribution in [0.5, 0.6) is 0 Å². The van der Waals surface area contributed by atoms with E-state index in [0.29, 0.717) is 11.8 Å². The van der Waals surface area contributed by atoms with Crippen molar-refractivity contribution < 1.29 is 4.79 Å². The highest BCUT2D eigenvalue weighted by Crippen LogP contribution is 2.58. The van der Waals surface area contributed by atoms with Crippen molar-refractivity contribution in [1.82, 2.24) is 4.90 Å². The van der Waals surface area contributed by atoms with Gasteiger partial charge in [0.2, 0.25) is 5.91 Å². The summed E-state index contributed by atoms with van der Waals surface area (Å²) in [5, 5.41) is 0. The zero-order valence-corrected chi connectivity index (χ0v) is 15.0. The third-order valence-electron chi connectivity index (χ3n) is 6.30. The SMILES string of the molecule is CC(C)C(C)(C)C(C)(C(=O)N(C)C)C(C)(C)C(C)C. The Bertz CT molecular complexity index is 304. The van der Waals surface area contributed by atoms with Crippen LogP contribution in [-0.2, 0) is 4.79 Å². The monoisotopic (exact) mass is 269 g/mol. The van der Waals surface area contributed by atoms with Crippen LogP contribution < -0.4 is 0 Å². The average molecular weight is 269 g/mol.